The molecule has 0 radical (unpaired) electrons. The van der Waals surface area contributed by atoms with Crippen molar-refractivity contribution < 1.29 is 0 Å². The minimum absolute atomic E-state index is 0.460. The molecule has 148 valence electrons. The van der Waals surface area contributed by atoms with E-state index >= 15 is 0 Å². The lowest BCUT2D eigenvalue weighted by Crippen LogP contribution is -2.05. The number of rotatable bonds is 4. The van der Waals surface area contributed by atoms with Gasteiger partial charge < -0.3 is 0 Å². The fraction of sp³-hybridized carbons (Fsp3) is 0.0968. The lowest BCUT2D eigenvalue weighted by Gasteiger charge is -2.22. The molecule has 0 spiro atoms. The second-order valence-corrected chi connectivity index (χ2v) is 8.51. The van der Waals surface area contributed by atoms with Crippen LogP contribution in [0.4, 0.5) is 0 Å². The molecule has 31 heavy (non-hydrogen) atoms. The normalized spacial score (nSPS) is 14.1. The summed E-state index contributed by atoms with van der Waals surface area (Å²) in [6.07, 6.45) is 11.1. The van der Waals surface area contributed by atoms with Crippen LogP contribution < -0.4 is 0 Å². The van der Waals surface area contributed by atoms with Crippen molar-refractivity contribution in [2.45, 2.75) is 12.8 Å². The smallest absolute Gasteiger partial charge is 0.000650 e. The first-order valence-electron chi connectivity index (χ1n) is 11.1. The van der Waals surface area contributed by atoms with Gasteiger partial charge in [-0.05, 0) is 74.9 Å². The maximum absolute atomic E-state index is 2.45. The Bertz CT molecular complexity index is 1300. The maximum Gasteiger partial charge on any atom is -0.000650 e. The molecule has 2 aliphatic rings. The van der Waals surface area contributed by atoms with Gasteiger partial charge in [0.05, 0.1) is 0 Å². The van der Waals surface area contributed by atoms with Crippen LogP contribution in [0.15, 0.2) is 115 Å². The summed E-state index contributed by atoms with van der Waals surface area (Å²) in [4.78, 5) is 0. The van der Waals surface area contributed by atoms with Crippen LogP contribution in [0.3, 0.4) is 0 Å². The van der Waals surface area contributed by atoms with Gasteiger partial charge in [0.15, 0.2) is 0 Å². The number of hydrogen-bond donors (Lipinski definition) is 0. The van der Waals surface area contributed by atoms with Crippen molar-refractivity contribution in [2.75, 3.05) is 0 Å². The van der Waals surface area contributed by atoms with Gasteiger partial charge in [0.2, 0.25) is 0 Å². The molecule has 0 N–H and O–H groups in total. The molecule has 0 amide bonds. The van der Waals surface area contributed by atoms with Gasteiger partial charge in [0.1, 0.15) is 0 Å². The van der Waals surface area contributed by atoms with Gasteiger partial charge in [0.25, 0.3) is 0 Å². The largest absolute Gasteiger partial charge is 0.0773 e. The van der Waals surface area contributed by atoms with E-state index in [2.05, 4.69) is 115 Å². The maximum atomic E-state index is 2.45. The molecule has 0 unspecified atom stereocenters. The third-order valence-corrected chi connectivity index (χ3v) is 6.64. The Balaban J connectivity index is 1.67. The van der Waals surface area contributed by atoms with Crippen molar-refractivity contribution in [2.24, 2.45) is 5.92 Å². The van der Waals surface area contributed by atoms with Gasteiger partial charge in [-0.1, -0.05) is 109 Å². The van der Waals surface area contributed by atoms with E-state index in [0.717, 1.165) is 12.8 Å². The van der Waals surface area contributed by atoms with Crippen molar-refractivity contribution in [3.8, 4) is 33.4 Å². The van der Waals surface area contributed by atoms with Gasteiger partial charge in [-0.25, -0.2) is 0 Å². The molecule has 0 bridgehead atoms. The van der Waals surface area contributed by atoms with Gasteiger partial charge in [0, 0.05) is 0 Å². The Morgan fingerprint density at radius 2 is 1.26 bits per heavy atom. The van der Waals surface area contributed by atoms with Gasteiger partial charge >= 0.3 is 0 Å². The summed E-state index contributed by atoms with van der Waals surface area (Å²) >= 11 is 0. The number of hydrogen-bond acceptors (Lipinski definition) is 0. The summed E-state index contributed by atoms with van der Waals surface area (Å²) in [7, 11) is 0. The van der Waals surface area contributed by atoms with Crippen LogP contribution in [0.25, 0.3) is 33.4 Å². The first kappa shape index (κ1) is 18.2. The Morgan fingerprint density at radius 3 is 2.00 bits per heavy atom. The quantitative estimate of drug-likeness (QED) is 0.290. The zero-order valence-electron chi connectivity index (χ0n) is 17.5. The number of allylic oxidation sites excluding steroid dienone is 4. The van der Waals surface area contributed by atoms with Crippen LogP contribution in [-0.2, 0) is 12.8 Å². The standard InChI is InChI=1S/C31H24/c1-3-13-23(14-4-1)27-21-29-26-18-10-9-17-25(26)20-28(29)30(19-22-11-7-8-12-22)31(27)24-15-5-2-6-16-24/h1-18,21-22H,19-20H2. The zero-order chi connectivity index (χ0) is 20.6. The first-order valence-corrected chi connectivity index (χ1v) is 11.1. The fourth-order valence-electron chi connectivity index (χ4n) is 5.20. The van der Waals surface area contributed by atoms with E-state index in [1.165, 1.54) is 50.1 Å². The first-order chi connectivity index (χ1) is 15.4. The second kappa shape index (κ2) is 7.56. The Hall–Kier alpha value is -3.64. The topological polar surface area (TPSA) is 0 Å². The van der Waals surface area contributed by atoms with Crippen molar-refractivity contribution in [1.29, 1.82) is 0 Å². The highest BCUT2D eigenvalue weighted by Gasteiger charge is 2.27. The number of benzene rings is 4. The van der Waals surface area contributed by atoms with E-state index in [0.29, 0.717) is 5.92 Å². The van der Waals surface area contributed by atoms with Crippen molar-refractivity contribution >= 4 is 0 Å². The van der Waals surface area contributed by atoms with Crippen LogP contribution in [-0.4, -0.2) is 0 Å². The SMILES string of the molecule is C1=CC(Cc2c3c(cc(-c4ccccc4)c2-c2ccccc2)-c2ccccc2C3)C=C1. The summed E-state index contributed by atoms with van der Waals surface area (Å²) in [5, 5.41) is 0. The molecule has 0 fully saturated rings. The van der Waals surface area contributed by atoms with E-state index in [9.17, 15) is 0 Å². The molecule has 0 atom stereocenters. The van der Waals surface area contributed by atoms with Crippen molar-refractivity contribution in [3.05, 3.63) is 132 Å². The van der Waals surface area contributed by atoms with Crippen LogP contribution in [0, 0.1) is 5.92 Å². The van der Waals surface area contributed by atoms with Gasteiger partial charge in [-0.2, -0.15) is 0 Å². The summed E-state index contributed by atoms with van der Waals surface area (Å²) in [5.41, 5.74) is 12.6. The molecule has 0 aliphatic heterocycles. The van der Waals surface area contributed by atoms with Crippen LogP contribution in [0.2, 0.25) is 0 Å². The van der Waals surface area contributed by atoms with Gasteiger partial charge in [-0.3, -0.25) is 0 Å². The van der Waals surface area contributed by atoms with E-state index in [1.807, 2.05) is 0 Å². The molecule has 4 aromatic rings. The monoisotopic (exact) mass is 396 g/mol. The second-order valence-electron chi connectivity index (χ2n) is 8.51. The molecule has 6 rings (SSSR count). The average molecular weight is 397 g/mol. The summed E-state index contributed by atoms with van der Waals surface area (Å²) in [5.74, 6) is 0.460. The highest BCUT2D eigenvalue weighted by atomic mass is 14.3. The molecule has 0 heteroatoms. The van der Waals surface area contributed by atoms with Gasteiger partial charge in [-0.15, -0.1) is 0 Å². The lowest BCUT2D eigenvalue weighted by atomic mass is 9.82. The Labute approximate surface area is 184 Å². The fourth-order valence-corrected chi connectivity index (χ4v) is 5.20. The molecule has 4 aromatic carbocycles. The van der Waals surface area contributed by atoms with E-state index in [1.54, 1.807) is 0 Å². The van der Waals surface area contributed by atoms with Crippen LogP contribution in [0.1, 0.15) is 16.7 Å². The molecule has 2 aliphatic carbocycles. The minimum atomic E-state index is 0.460. The number of fused-ring (bicyclic) bond motifs is 3. The molecular weight excluding hydrogens is 372 g/mol. The third-order valence-electron chi connectivity index (χ3n) is 6.64. The lowest BCUT2D eigenvalue weighted by molar-refractivity contribution is 0.810. The molecule has 0 nitrogen and oxygen atoms in total. The van der Waals surface area contributed by atoms with E-state index in [4.69, 9.17) is 0 Å². The predicted molar refractivity (Wildman–Crippen MR) is 131 cm³/mol. The molecule has 0 saturated carbocycles. The van der Waals surface area contributed by atoms with Crippen LogP contribution >= 0.6 is 0 Å². The highest BCUT2D eigenvalue weighted by molar-refractivity contribution is 5.93. The third kappa shape index (κ3) is 3.16. The summed E-state index contributed by atoms with van der Waals surface area (Å²) in [6, 6.07) is 33.2. The summed E-state index contributed by atoms with van der Waals surface area (Å²) < 4.78 is 0. The zero-order valence-corrected chi connectivity index (χ0v) is 17.5. The highest BCUT2D eigenvalue weighted by Crippen LogP contribution is 2.47. The molecule has 0 heterocycles. The summed E-state index contributed by atoms with van der Waals surface area (Å²) in [6.45, 7) is 0. The predicted octanol–water partition coefficient (Wildman–Crippen LogP) is 7.88. The van der Waals surface area contributed by atoms with E-state index < -0.39 is 0 Å². The molecule has 0 saturated heterocycles. The average Bonchev–Trinajstić information content (AvgIpc) is 3.48. The minimum Gasteiger partial charge on any atom is -0.0773 e. The molecular formula is C31H24. The Kier molecular flexibility index (Phi) is 4.43. The van der Waals surface area contributed by atoms with Crippen molar-refractivity contribution in [1.82, 2.24) is 0 Å². The van der Waals surface area contributed by atoms with E-state index in [-0.39, 0.29) is 0 Å². The van der Waals surface area contributed by atoms with Crippen LogP contribution in [0.5, 0.6) is 0 Å². The Morgan fingerprint density at radius 1 is 0.613 bits per heavy atom. The molecule has 0 aromatic heterocycles. The van der Waals surface area contributed by atoms with Crippen molar-refractivity contribution in [3.63, 3.8) is 0 Å².